The van der Waals surface area contributed by atoms with Crippen molar-refractivity contribution < 1.29 is 4.79 Å². The normalized spacial score (nSPS) is 19.1. The van der Waals surface area contributed by atoms with Gasteiger partial charge in [0.2, 0.25) is 0 Å². The second kappa shape index (κ2) is 6.57. The number of hydrogen-bond donors (Lipinski definition) is 2. The molecular formula is C15H23N3O. The Bertz CT molecular complexity index is 427. The summed E-state index contributed by atoms with van der Waals surface area (Å²) in [5.74, 6) is 0.297. The number of nitrogens with zero attached hydrogens (tertiary/aromatic N) is 1. The lowest BCUT2D eigenvalue weighted by molar-refractivity contribution is 0.100. The summed E-state index contributed by atoms with van der Waals surface area (Å²) in [4.78, 5) is 13.8. The van der Waals surface area contributed by atoms with Gasteiger partial charge in [0.15, 0.2) is 0 Å². The fraction of sp³-hybridized carbons (Fsp3) is 0.533. The third-order valence-corrected chi connectivity index (χ3v) is 3.77. The Hall–Kier alpha value is -1.55. The lowest BCUT2D eigenvalue weighted by Gasteiger charge is -2.31. The molecule has 4 nitrogen and oxygen atoms in total. The molecule has 1 aromatic carbocycles. The van der Waals surface area contributed by atoms with Crippen LogP contribution in [0, 0.1) is 5.92 Å². The third kappa shape index (κ3) is 3.47. The zero-order chi connectivity index (χ0) is 13.7. The molecule has 0 saturated carbocycles. The van der Waals surface area contributed by atoms with E-state index >= 15 is 0 Å². The molecule has 1 heterocycles. The average Bonchev–Trinajstić information content (AvgIpc) is 2.46. The van der Waals surface area contributed by atoms with E-state index < -0.39 is 0 Å². The molecule has 0 radical (unpaired) electrons. The highest BCUT2D eigenvalue weighted by Gasteiger charge is 2.19. The number of nitrogens with two attached hydrogens (primary N) is 1. The Kier molecular flexibility index (Phi) is 4.80. The van der Waals surface area contributed by atoms with Crippen molar-refractivity contribution in [3.8, 4) is 0 Å². The molecule has 0 aliphatic carbocycles. The van der Waals surface area contributed by atoms with E-state index in [2.05, 4.69) is 17.1 Å². The van der Waals surface area contributed by atoms with Gasteiger partial charge < -0.3 is 16.0 Å². The summed E-state index contributed by atoms with van der Waals surface area (Å²) in [6, 6.07) is 7.61. The number of para-hydroxylation sites is 1. The van der Waals surface area contributed by atoms with Crippen molar-refractivity contribution in [2.24, 2.45) is 11.7 Å². The quantitative estimate of drug-likeness (QED) is 0.846. The molecule has 1 saturated heterocycles. The van der Waals surface area contributed by atoms with Crippen molar-refractivity contribution in [1.29, 1.82) is 0 Å². The van der Waals surface area contributed by atoms with Crippen molar-refractivity contribution in [2.75, 3.05) is 31.1 Å². The number of benzene rings is 1. The Labute approximate surface area is 115 Å². The van der Waals surface area contributed by atoms with Crippen LogP contribution in [0.15, 0.2) is 24.3 Å². The van der Waals surface area contributed by atoms with Crippen LogP contribution in [0.3, 0.4) is 0 Å². The van der Waals surface area contributed by atoms with E-state index in [1.165, 1.54) is 12.8 Å². The maximum absolute atomic E-state index is 11.5. The van der Waals surface area contributed by atoms with Crippen LogP contribution in [-0.4, -0.2) is 32.1 Å². The van der Waals surface area contributed by atoms with Gasteiger partial charge in [0, 0.05) is 18.8 Å². The van der Waals surface area contributed by atoms with Crippen LogP contribution in [0.2, 0.25) is 0 Å². The maximum Gasteiger partial charge on any atom is 0.250 e. The lowest BCUT2D eigenvalue weighted by Crippen LogP contribution is -2.39. The van der Waals surface area contributed by atoms with Gasteiger partial charge in [-0.25, -0.2) is 0 Å². The standard InChI is InChI=1S/C15H23N3O/c1-2-18(11-12-6-5-9-17-10-12)14-8-4-3-7-13(14)15(16)19/h3-4,7-8,12,17H,2,5-6,9-11H2,1H3,(H2,16,19). The minimum atomic E-state index is -0.351. The first kappa shape index (κ1) is 13.9. The Balaban J connectivity index is 2.14. The van der Waals surface area contributed by atoms with Gasteiger partial charge in [-0.2, -0.15) is 0 Å². The topological polar surface area (TPSA) is 58.4 Å². The van der Waals surface area contributed by atoms with Crippen LogP contribution in [0.5, 0.6) is 0 Å². The fourth-order valence-electron chi connectivity index (χ4n) is 2.75. The summed E-state index contributed by atoms with van der Waals surface area (Å²) in [7, 11) is 0. The molecule has 1 fully saturated rings. The first-order valence-electron chi connectivity index (χ1n) is 7.07. The van der Waals surface area contributed by atoms with E-state index in [0.717, 1.165) is 31.9 Å². The maximum atomic E-state index is 11.5. The number of primary amides is 1. The summed E-state index contributed by atoms with van der Waals surface area (Å²) in [6.45, 7) is 6.18. The van der Waals surface area contributed by atoms with Crippen molar-refractivity contribution in [2.45, 2.75) is 19.8 Å². The smallest absolute Gasteiger partial charge is 0.250 e. The van der Waals surface area contributed by atoms with E-state index in [1.807, 2.05) is 18.2 Å². The van der Waals surface area contributed by atoms with Crippen molar-refractivity contribution in [3.05, 3.63) is 29.8 Å². The van der Waals surface area contributed by atoms with E-state index in [4.69, 9.17) is 5.73 Å². The molecule has 0 spiro atoms. The third-order valence-electron chi connectivity index (χ3n) is 3.77. The summed E-state index contributed by atoms with van der Waals surface area (Å²) < 4.78 is 0. The molecule has 4 heteroatoms. The first-order valence-corrected chi connectivity index (χ1v) is 7.07. The van der Waals surface area contributed by atoms with E-state index in [1.54, 1.807) is 6.07 Å². The van der Waals surface area contributed by atoms with Crippen molar-refractivity contribution >= 4 is 11.6 Å². The summed E-state index contributed by atoms with van der Waals surface area (Å²) in [5, 5.41) is 3.43. The van der Waals surface area contributed by atoms with Crippen molar-refractivity contribution in [1.82, 2.24) is 5.32 Å². The molecule has 19 heavy (non-hydrogen) atoms. The van der Waals surface area contributed by atoms with Gasteiger partial charge in [0.05, 0.1) is 5.56 Å². The highest BCUT2D eigenvalue weighted by atomic mass is 16.1. The minimum absolute atomic E-state index is 0.351. The Morgan fingerprint density at radius 2 is 2.26 bits per heavy atom. The zero-order valence-corrected chi connectivity index (χ0v) is 11.6. The van der Waals surface area contributed by atoms with Crippen LogP contribution in [-0.2, 0) is 0 Å². The monoisotopic (exact) mass is 261 g/mol. The average molecular weight is 261 g/mol. The summed E-state index contributed by atoms with van der Waals surface area (Å²) in [6.07, 6.45) is 2.49. The van der Waals surface area contributed by atoms with E-state index in [9.17, 15) is 4.79 Å². The van der Waals surface area contributed by atoms with Crippen LogP contribution in [0.25, 0.3) is 0 Å². The van der Waals surface area contributed by atoms with Gasteiger partial charge in [-0.1, -0.05) is 12.1 Å². The van der Waals surface area contributed by atoms with E-state index in [-0.39, 0.29) is 5.91 Å². The molecule has 104 valence electrons. The highest BCUT2D eigenvalue weighted by molar-refractivity contribution is 5.98. The van der Waals surface area contributed by atoms with Crippen molar-refractivity contribution in [3.63, 3.8) is 0 Å². The van der Waals surface area contributed by atoms with Crippen LogP contribution >= 0.6 is 0 Å². The number of carbonyl (C=O) groups excluding carboxylic acids is 1. The predicted molar refractivity (Wildman–Crippen MR) is 78.4 cm³/mol. The molecule has 1 aliphatic rings. The molecule has 1 unspecified atom stereocenters. The van der Waals surface area contributed by atoms with Gasteiger partial charge in [-0.3, -0.25) is 4.79 Å². The van der Waals surface area contributed by atoms with E-state index in [0.29, 0.717) is 11.5 Å². The molecule has 1 aliphatic heterocycles. The highest BCUT2D eigenvalue weighted by Crippen LogP contribution is 2.22. The Morgan fingerprint density at radius 3 is 2.89 bits per heavy atom. The number of rotatable bonds is 5. The van der Waals surface area contributed by atoms with Gasteiger partial charge >= 0.3 is 0 Å². The minimum Gasteiger partial charge on any atom is -0.371 e. The van der Waals surface area contributed by atoms with Gasteiger partial charge in [0.1, 0.15) is 0 Å². The Morgan fingerprint density at radius 1 is 1.47 bits per heavy atom. The molecule has 3 N–H and O–H groups in total. The second-order valence-electron chi connectivity index (χ2n) is 5.13. The summed E-state index contributed by atoms with van der Waals surface area (Å²) >= 11 is 0. The molecule has 1 atom stereocenters. The molecule has 1 amide bonds. The number of carbonyl (C=O) groups is 1. The molecule has 0 aromatic heterocycles. The molecule has 2 rings (SSSR count). The zero-order valence-electron chi connectivity index (χ0n) is 11.6. The fourth-order valence-corrected chi connectivity index (χ4v) is 2.75. The molecule has 1 aromatic rings. The van der Waals surface area contributed by atoms with Gasteiger partial charge in [-0.05, 0) is 50.9 Å². The lowest BCUT2D eigenvalue weighted by atomic mass is 9.98. The summed E-state index contributed by atoms with van der Waals surface area (Å²) in [5.41, 5.74) is 7.04. The predicted octanol–water partition coefficient (Wildman–Crippen LogP) is 1.61. The largest absolute Gasteiger partial charge is 0.371 e. The molecule has 0 bridgehead atoms. The second-order valence-corrected chi connectivity index (χ2v) is 5.13. The SMILES string of the molecule is CCN(CC1CCCNC1)c1ccccc1C(N)=O. The molecular weight excluding hydrogens is 238 g/mol. The number of hydrogen-bond acceptors (Lipinski definition) is 3. The number of anilines is 1. The van der Waals surface area contributed by atoms with Crippen LogP contribution < -0.4 is 16.0 Å². The van der Waals surface area contributed by atoms with Crippen LogP contribution in [0.1, 0.15) is 30.1 Å². The first-order chi connectivity index (χ1) is 9.22. The number of amides is 1. The number of nitrogens with one attached hydrogen (secondary N) is 1. The van der Waals surface area contributed by atoms with Gasteiger partial charge in [-0.15, -0.1) is 0 Å². The van der Waals surface area contributed by atoms with Crippen LogP contribution in [0.4, 0.5) is 5.69 Å². The van der Waals surface area contributed by atoms with Gasteiger partial charge in [0.25, 0.3) is 5.91 Å². The number of piperidine rings is 1.